The minimum atomic E-state index is -0.182. The van der Waals surface area contributed by atoms with Gasteiger partial charge in [0.2, 0.25) is 0 Å². The van der Waals surface area contributed by atoms with Gasteiger partial charge in [0.15, 0.2) is 0 Å². The van der Waals surface area contributed by atoms with Crippen molar-refractivity contribution in [3.05, 3.63) is 106 Å². The van der Waals surface area contributed by atoms with Crippen molar-refractivity contribution in [1.29, 1.82) is 0 Å². The zero-order chi connectivity index (χ0) is 22.5. The molecule has 0 radical (unpaired) electrons. The molecule has 4 aromatic rings. The highest BCUT2D eigenvalue weighted by atomic mass is 35.5. The predicted octanol–water partition coefficient (Wildman–Crippen LogP) is 6.91. The Morgan fingerprint density at radius 2 is 1.66 bits per heavy atom. The van der Waals surface area contributed by atoms with Crippen molar-refractivity contribution in [3.63, 3.8) is 0 Å². The van der Waals surface area contributed by atoms with Gasteiger partial charge in [-0.1, -0.05) is 74.8 Å². The summed E-state index contributed by atoms with van der Waals surface area (Å²) >= 11 is 6.17. The summed E-state index contributed by atoms with van der Waals surface area (Å²) < 4.78 is 0. The average molecular weight is 443 g/mol. The van der Waals surface area contributed by atoms with Gasteiger partial charge in [-0.15, -0.1) is 0 Å². The first-order valence-electron chi connectivity index (χ1n) is 11.1. The predicted molar refractivity (Wildman–Crippen MR) is 131 cm³/mol. The Balaban J connectivity index is 1.59. The number of para-hydroxylation sites is 1. The Kier molecular flexibility index (Phi) is 5.10. The fourth-order valence-corrected chi connectivity index (χ4v) is 4.86. The molecule has 0 saturated carbocycles. The minimum absolute atomic E-state index is 0.0507. The maximum atomic E-state index is 13.7. The maximum Gasteiger partial charge on any atom is 0.254 e. The number of fused-ring (bicyclic) bond motifs is 3. The van der Waals surface area contributed by atoms with Gasteiger partial charge in [-0.25, -0.2) is 0 Å². The summed E-state index contributed by atoms with van der Waals surface area (Å²) in [7, 11) is 0. The molecule has 4 heteroatoms. The van der Waals surface area contributed by atoms with Gasteiger partial charge in [-0.3, -0.25) is 4.79 Å². The molecule has 0 aliphatic carbocycles. The van der Waals surface area contributed by atoms with Gasteiger partial charge in [0.25, 0.3) is 5.91 Å². The molecular weight excluding hydrogens is 416 g/mol. The largest absolute Gasteiger partial charge is 0.356 e. The highest BCUT2D eigenvalue weighted by molar-refractivity contribution is 6.30. The SMILES string of the molecule is CC(C)(C)c1ccc(C(=O)N2CCc3c([nH]c4ccccc34)C2c2ccc(Cl)cc2)cc1. The van der Waals surface area contributed by atoms with Crippen molar-refractivity contribution >= 4 is 28.4 Å². The van der Waals surface area contributed by atoms with E-state index in [4.69, 9.17) is 11.6 Å². The number of carbonyl (C=O) groups excluding carboxylic acids is 1. The van der Waals surface area contributed by atoms with Crippen molar-refractivity contribution in [3.8, 4) is 0 Å². The van der Waals surface area contributed by atoms with E-state index in [1.54, 1.807) is 0 Å². The topological polar surface area (TPSA) is 36.1 Å². The van der Waals surface area contributed by atoms with Gasteiger partial charge < -0.3 is 9.88 Å². The van der Waals surface area contributed by atoms with Gasteiger partial charge in [-0.05, 0) is 58.9 Å². The second-order valence-electron chi connectivity index (χ2n) is 9.59. The van der Waals surface area contributed by atoms with Crippen molar-refractivity contribution in [2.24, 2.45) is 0 Å². The summed E-state index contributed by atoms with van der Waals surface area (Å²) in [6, 6.07) is 24.1. The van der Waals surface area contributed by atoms with E-state index in [9.17, 15) is 4.79 Å². The second kappa shape index (κ2) is 7.83. The highest BCUT2D eigenvalue weighted by Gasteiger charge is 2.35. The number of carbonyl (C=O) groups is 1. The van der Waals surface area contributed by atoms with Crippen LogP contribution in [0, 0.1) is 0 Å². The summed E-state index contributed by atoms with van der Waals surface area (Å²) in [5.74, 6) is 0.0507. The molecule has 3 nitrogen and oxygen atoms in total. The molecule has 1 N–H and O–H groups in total. The van der Waals surface area contributed by atoms with Gasteiger partial charge >= 0.3 is 0 Å². The molecule has 0 bridgehead atoms. The van der Waals surface area contributed by atoms with Crippen molar-refractivity contribution in [2.75, 3.05) is 6.54 Å². The van der Waals surface area contributed by atoms with E-state index in [0.717, 1.165) is 28.8 Å². The average Bonchev–Trinajstić information content (AvgIpc) is 3.17. The van der Waals surface area contributed by atoms with Crippen LogP contribution in [0.4, 0.5) is 0 Å². The number of hydrogen-bond acceptors (Lipinski definition) is 1. The molecule has 2 heterocycles. The van der Waals surface area contributed by atoms with Crippen molar-refractivity contribution in [1.82, 2.24) is 9.88 Å². The number of H-pyrrole nitrogens is 1. The Labute approximate surface area is 194 Å². The quantitative estimate of drug-likeness (QED) is 0.360. The molecule has 1 unspecified atom stereocenters. The number of nitrogens with zero attached hydrogens (tertiary/aromatic N) is 1. The van der Waals surface area contributed by atoms with E-state index in [1.165, 1.54) is 16.5 Å². The highest BCUT2D eigenvalue weighted by Crippen LogP contribution is 2.39. The van der Waals surface area contributed by atoms with Crippen LogP contribution in [0.2, 0.25) is 5.02 Å². The second-order valence-corrected chi connectivity index (χ2v) is 10.0. The Morgan fingerprint density at radius 1 is 0.969 bits per heavy atom. The molecule has 1 aliphatic heterocycles. The Morgan fingerprint density at radius 3 is 2.34 bits per heavy atom. The number of nitrogens with one attached hydrogen (secondary N) is 1. The van der Waals surface area contributed by atoms with Crippen LogP contribution in [0.1, 0.15) is 59.6 Å². The van der Waals surface area contributed by atoms with E-state index in [-0.39, 0.29) is 17.4 Å². The number of aromatic amines is 1. The number of aromatic nitrogens is 1. The maximum absolute atomic E-state index is 13.7. The number of benzene rings is 3. The van der Waals surface area contributed by atoms with Gasteiger partial charge in [0.05, 0.1) is 6.04 Å². The lowest BCUT2D eigenvalue weighted by Gasteiger charge is -2.36. The molecule has 162 valence electrons. The Hall–Kier alpha value is -3.04. The van der Waals surface area contributed by atoms with E-state index < -0.39 is 0 Å². The van der Waals surface area contributed by atoms with Gasteiger partial charge in [0.1, 0.15) is 0 Å². The molecule has 3 aromatic carbocycles. The van der Waals surface area contributed by atoms with Crippen LogP contribution in [-0.2, 0) is 11.8 Å². The van der Waals surface area contributed by atoms with Crippen molar-refractivity contribution < 1.29 is 4.79 Å². The third-order valence-corrected chi connectivity index (χ3v) is 6.73. The lowest BCUT2D eigenvalue weighted by molar-refractivity contribution is 0.0692. The summed E-state index contributed by atoms with van der Waals surface area (Å²) in [6.45, 7) is 7.22. The van der Waals surface area contributed by atoms with E-state index in [1.807, 2.05) is 47.4 Å². The molecule has 0 fully saturated rings. The molecule has 1 atom stereocenters. The normalized spacial score (nSPS) is 16.2. The molecular formula is C28H27ClN2O. The van der Waals surface area contributed by atoms with Gasteiger partial charge in [-0.2, -0.15) is 0 Å². The zero-order valence-electron chi connectivity index (χ0n) is 18.7. The fourth-order valence-electron chi connectivity index (χ4n) is 4.73. The molecule has 5 rings (SSSR count). The third-order valence-electron chi connectivity index (χ3n) is 6.48. The number of hydrogen-bond donors (Lipinski definition) is 1. The first-order valence-corrected chi connectivity index (χ1v) is 11.5. The van der Waals surface area contributed by atoms with Crippen molar-refractivity contribution in [2.45, 2.75) is 38.6 Å². The van der Waals surface area contributed by atoms with Gasteiger partial charge in [0, 0.05) is 33.7 Å². The van der Waals surface area contributed by atoms with Crippen LogP contribution < -0.4 is 0 Å². The van der Waals surface area contributed by atoms with Crippen LogP contribution in [0.3, 0.4) is 0 Å². The van der Waals surface area contributed by atoms with E-state index in [0.29, 0.717) is 11.6 Å². The summed E-state index contributed by atoms with van der Waals surface area (Å²) in [4.78, 5) is 19.3. The molecule has 1 aromatic heterocycles. The molecule has 32 heavy (non-hydrogen) atoms. The third kappa shape index (κ3) is 3.61. The smallest absolute Gasteiger partial charge is 0.254 e. The van der Waals surface area contributed by atoms with Crippen LogP contribution in [-0.4, -0.2) is 22.3 Å². The van der Waals surface area contributed by atoms with Crippen LogP contribution >= 0.6 is 11.6 Å². The lowest BCUT2D eigenvalue weighted by atomic mass is 9.86. The molecule has 0 saturated heterocycles. The lowest BCUT2D eigenvalue weighted by Crippen LogP contribution is -2.40. The van der Waals surface area contributed by atoms with E-state index >= 15 is 0 Å². The zero-order valence-corrected chi connectivity index (χ0v) is 19.4. The minimum Gasteiger partial charge on any atom is -0.356 e. The first kappa shape index (κ1) is 20.8. The molecule has 1 amide bonds. The van der Waals surface area contributed by atoms with Crippen LogP contribution in [0.25, 0.3) is 10.9 Å². The number of amides is 1. The van der Waals surface area contributed by atoms with Crippen LogP contribution in [0.5, 0.6) is 0 Å². The summed E-state index contributed by atoms with van der Waals surface area (Å²) in [5.41, 5.74) is 6.56. The first-order chi connectivity index (χ1) is 15.3. The van der Waals surface area contributed by atoms with E-state index in [2.05, 4.69) is 56.1 Å². The number of halogens is 1. The number of rotatable bonds is 2. The Bertz CT molecular complexity index is 1280. The van der Waals surface area contributed by atoms with Crippen LogP contribution in [0.15, 0.2) is 72.8 Å². The summed E-state index contributed by atoms with van der Waals surface area (Å²) in [5, 5.41) is 1.93. The molecule has 1 aliphatic rings. The summed E-state index contributed by atoms with van der Waals surface area (Å²) in [6.07, 6.45) is 0.829. The molecule has 0 spiro atoms. The monoisotopic (exact) mass is 442 g/mol. The fraction of sp³-hybridized carbons (Fsp3) is 0.250. The standard InChI is InChI=1S/C28H27ClN2O/c1-28(2,3)20-12-8-19(9-13-20)27(32)31-17-16-23-22-6-4-5-7-24(22)30-25(23)26(31)18-10-14-21(29)15-11-18/h4-15,26,30H,16-17H2,1-3H3.